The number of H-pyrrole nitrogens is 2. The van der Waals surface area contributed by atoms with Crippen LogP contribution in [0.4, 0.5) is 0 Å². The van der Waals surface area contributed by atoms with Gasteiger partial charge in [0.15, 0.2) is 0 Å². The van der Waals surface area contributed by atoms with Gasteiger partial charge in [0.05, 0.1) is 25.6 Å². The number of aliphatic carboxylic acids is 2. The number of carboxylic acids is 2. The van der Waals surface area contributed by atoms with E-state index in [1.807, 2.05) is 0 Å². The average molecular weight is 2040 g/mol. The number of hydrogen-bond donors (Lipinski definition) is 18. The fourth-order valence-corrected chi connectivity index (χ4v) is 21.1. The molecule has 0 radical (unpaired) electrons. The van der Waals surface area contributed by atoms with E-state index in [1.165, 1.54) is 44.5 Å². The largest absolute Gasteiger partial charge is 0.481 e. The van der Waals surface area contributed by atoms with Gasteiger partial charge in [-0.2, -0.15) is 35.3 Å². The van der Waals surface area contributed by atoms with Crippen molar-refractivity contribution in [3.8, 4) is 0 Å². The number of aromatic amines is 2. The second-order valence-electron chi connectivity index (χ2n) is 37.3. The van der Waals surface area contributed by atoms with Gasteiger partial charge in [-0.05, 0) is 107 Å². The van der Waals surface area contributed by atoms with E-state index in [4.69, 9.17) is 11.5 Å². The standard InChI is InChI=1S/C94H134N22O23S3/c1-51(2)80-92(137)104-67(43-79(126)127)85(130)99-46-72(118)101-65(41-55-44-97-62-15-10-8-13-60(55)62)87(132)109-81(52(3)4)94(139)115-31-12-17-71(115)91(136)105-68(83(96)128)48-140-38-27-75(121)112-32-21-57(22-33-112)116-58-23-34-113(35-24-58)76(122)28-39-141-49-69(89(134)103-66(88(133)108-80)42-56-45-98-63-16-11-9-14-61(56)63)107-86(131)64(18-19-78(124)125)102-93(138)82(54(6)117)110-90(135)70(50-142-40-29-77(123)114-36-25-59(116)26-37-114)106-84(129)53(5)100-73(119)47-111(7)74(120)20-30-95/h8-11,13-16,44-45,51-54,57-59,64-68,70-71,80-82,97-98,117H,12,17-43,46-50,95H2,1-7H3,(H2,96,128)(H,99,130)(H,100,119)(H,101,118)(H,102,138)(H,103,134)(H,104,137)(H,105,136)(H,106,129)(H,108,133)(H,109,132)(H,110,135)(H,124,125)(H,126,127)/b107-69+/t53-,54+,64-,65-,66-,67-,68-,70-,71-,80-,81-,82-/m0/s1. The number of likely N-dealkylation sites (N-methyl/N-ethyl adjacent to an activating group) is 1. The number of aliphatic hydroxyl groups is 1. The quantitative estimate of drug-likeness (QED) is 0.0403. The van der Waals surface area contributed by atoms with Crippen molar-refractivity contribution >= 4 is 181 Å². The first-order valence-corrected chi connectivity index (χ1v) is 51.6. The lowest BCUT2D eigenvalue weighted by Crippen LogP contribution is -2.60. The third-order valence-electron chi connectivity index (χ3n) is 26.2. The Bertz CT molecular complexity index is 5260. The number of piperidine rings is 3. The van der Waals surface area contributed by atoms with Gasteiger partial charge in [0.1, 0.15) is 72.2 Å². The molecule has 8 bridgehead atoms. The molecule has 9 aliphatic rings. The number of carbonyl (C=O) groups is 20. The number of rotatable bonds is 20. The molecular weight excluding hydrogens is 1900 g/mol. The number of nitrogens with zero attached hydrogens (tertiary/aromatic N) is 7. The minimum Gasteiger partial charge on any atom is -0.481 e. The number of benzene rings is 2. The summed E-state index contributed by atoms with van der Waals surface area (Å²) in [6, 6.07) is -3.90. The number of hydrogen-bond acceptors (Lipinski definition) is 26. The molecule has 45 nitrogen and oxygen atoms in total. The van der Waals surface area contributed by atoms with Gasteiger partial charge in [0, 0.05) is 191 Å². The molecule has 776 valence electrons. The Hall–Kier alpha value is -12.3. The molecule has 6 fully saturated rings. The first-order chi connectivity index (χ1) is 67.7. The van der Waals surface area contributed by atoms with Gasteiger partial charge in [-0.15, -0.1) is 0 Å². The second kappa shape index (κ2) is 53.7. The highest BCUT2D eigenvalue weighted by Gasteiger charge is 2.45. The predicted molar refractivity (Wildman–Crippen MR) is 527 cm³/mol. The van der Waals surface area contributed by atoms with E-state index in [9.17, 15) is 96.8 Å². The Balaban J connectivity index is 0.996. The highest BCUT2D eigenvalue weighted by atomic mass is 32.2. The van der Waals surface area contributed by atoms with Gasteiger partial charge in [-0.3, -0.25) is 101 Å². The maximum atomic E-state index is 15.5. The molecule has 48 heteroatoms. The number of nitrogens with one attached hydrogen (secondary N) is 13. The number of carbonyl (C=O) groups excluding carboxylic acids is 18. The monoisotopic (exact) mass is 2030 g/mol. The predicted octanol–water partition coefficient (Wildman–Crippen LogP) is -2.63. The summed E-state index contributed by atoms with van der Waals surface area (Å²) in [4.78, 5) is 305. The molecule has 9 aliphatic heterocycles. The lowest BCUT2D eigenvalue weighted by atomic mass is 9.90. The van der Waals surface area contributed by atoms with Crippen molar-refractivity contribution in [1.82, 2.24) is 97.9 Å². The summed E-state index contributed by atoms with van der Waals surface area (Å²) in [6.07, 6.45) is 1.64. The Morgan fingerprint density at radius 1 is 0.542 bits per heavy atom. The first kappa shape index (κ1) is 112. The number of thioether (sulfide) groups is 3. The molecule has 2 aromatic carbocycles. The van der Waals surface area contributed by atoms with E-state index in [0.29, 0.717) is 117 Å². The van der Waals surface area contributed by atoms with E-state index in [1.54, 1.807) is 89.5 Å². The minimum atomic E-state index is -2.02. The number of fused-ring (bicyclic) bond motifs is 31. The molecule has 0 aliphatic carbocycles. The zero-order chi connectivity index (χ0) is 103. The maximum Gasteiger partial charge on any atom is 0.305 e. The van der Waals surface area contributed by atoms with Gasteiger partial charge in [0.25, 0.3) is 11.8 Å². The van der Waals surface area contributed by atoms with Gasteiger partial charge in [-0.25, -0.2) is 4.99 Å². The van der Waals surface area contributed by atoms with Crippen LogP contribution in [0.25, 0.3) is 21.8 Å². The molecule has 2 aromatic heterocycles. The van der Waals surface area contributed by atoms with Crippen molar-refractivity contribution in [2.75, 3.05) is 107 Å². The van der Waals surface area contributed by atoms with Crippen LogP contribution in [0.1, 0.15) is 149 Å². The highest BCUT2D eigenvalue weighted by molar-refractivity contribution is 8.00. The minimum absolute atomic E-state index is 0.000642. The van der Waals surface area contributed by atoms with E-state index in [2.05, 4.69) is 78.3 Å². The highest BCUT2D eigenvalue weighted by Crippen LogP contribution is 2.33. The topological polar surface area (TPSA) is 650 Å². The second-order valence-corrected chi connectivity index (χ2v) is 40.7. The van der Waals surface area contributed by atoms with Crippen LogP contribution < -0.4 is 70.0 Å². The summed E-state index contributed by atoms with van der Waals surface area (Å²) < 4.78 is 0. The summed E-state index contributed by atoms with van der Waals surface area (Å²) in [7, 11) is 1.36. The summed E-state index contributed by atoms with van der Waals surface area (Å²) in [5, 5.41) is 60.9. The molecule has 20 N–H and O–H groups in total. The number of para-hydroxylation sites is 2. The third-order valence-corrected chi connectivity index (χ3v) is 29.3. The molecule has 6 saturated heterocycles. The molecule has 13 atom stereocenters. The Kier molecular flexibility index (Phi) is 42.2. The lowest BCUT2D eigenvalue weighted by molar-refractivity contribution is -0.143. The van der Waals surface area contributed by atoms with Crippen molar-refractivity contribution in [3.63, 3.8) is 0 Å². The zero-order valence-electron chi connectivity index (χ0n) is 80.9. The number of aliphatic imine (C=N–C) groups is 1. The smallest absolute Gasteiger partial charge is 0.305 e. The van der Waals surface area contributed by atoms with Crippen LogP contribution in [-0.2, 0) is 109 Å². The van der Waals surface area contributed by atoms with Crippen LogP contribution in [0.3, 0.4) is 0 Å². The van der Waals surface area contributed by atoms with Gasteiger partial charge in [-0.1, -0.05) is 64.1 Å². The van der Waals surface area contributed by atoms with Gasteiger partial charge in [0.2, 0.25) is 94.5 Å². The van der Waals surface area contributed by atoms with Crippen LogP contribution in [0.2, 0.25) is 0 Å². The number of primary amides is 1. The summed E-state index contributed by atoms with van der Waals surface area (Å²) in [5.41, 5.74) is 13.0. The van der Waals surface area contributed by atoms with Crippen LogP contribution in [-0.4, -0.2) is 376 Å². The van der Waals surface area contributed by atoms with Crippen LogP contribution in [0.15, 0.2) is 65.9 Å². The first-order valence-electron chi connectivity index (χ1n) is 48.2. The molecular formula is C94H134N22O23S3. The van der Waals surface area contributed by atoms with Crippen molar-refractivity contribution in [1.29, 1.82) is 0 Å². The van der Waals surface area contributed by atoms with Gasteiger partial charge >= 0.3 is 11.9 Å². The molecule has 11 heterocycles. The number of carboxylic acid groups (broad SMARTS) is 2. The number of aliphatic hydroxyl groups excluding tert-OH is 1. The number of amides is 18. The van der Waals surface area contributed by atoms with Crippen molar-refractivity contribution < 1.29 is 111 Å². The SMILES string of the molecule is CC(C)[C@@H]1NC(=O)[C@H](Cc2c[nH]c3ccccc23)NC(=O)/C2=N/C(=O)[C@H](CCC(=O)O)NC(=O)[C@H]([C@@H](C)O)NC(=O)[C@@H](NC(=O)[C@H](C)NC(=O)CN(C)C(=O)CCN)CSCCC(=O)N3CCC(CC3)N(C3CCN(CC3)C(=O)CCSC2)C2CCN(CC2)C(=O)CCSC[C@@H](C(N)=O)NC(=O)[C@@H]2CCCN2C(=O)[C@H](C(C)C)NC(=O)[C@H](Cc2c[nH]c3ccccc23)NC(=O)CNC(=O)[C@H](CC(=O)O)NC1=O. The molecule has 0 spiro atoms. The lowest BCUT2D eigenvalue weighted by Gasteiger charge is -2.50. The summed E-state index contributed by atoms with van der Waals surface area (Å²) >= 11 is 3.23. The molecule has 142 heavy (non-hydrogen) atoms. The fourth-order valence-electron chi connectivity index (χ4n) is 18.3. The van der Waals surface area contributed by atoms with Crippen LogP contribution in [0.5, 0.6) is 0 Å². The van der Waals surface area contributed by atoms with Gasteiger partial charge < -0.3 is 120 Å². The van der Waals surface area contributed by atoms with E-state index >= 15 is 14.4 Å². The van der Waals surface area contributed by atoms with Crippen molar-refractivity contribution in [2.24, 2.45) is 28.3 Å². The molecule has 18 amide bonds. The van der Waals surface area contributed by atoms with Crippen LogP contribution in [0, 0.1) is 11.8 Å². The Morgan fingerprint density at radius 3 is 1.56 bits per heavy atom. The molecule has 0 saturated carbocycles. The molecule has 13 rings (SSSR count). The number of aromatic nitrogens is 2. The van der Waals surface area contributed by atoms with E-state index in [-0.39, 0.29) is 116 Å². The van der Waals surface area contributed by atoms with Crippen molar-refractivity contribution in [2.45, 2.75) is 241 Å². The van der Waals surface area contributed by atoms with Crippen molar-refractivity contribution in [3.05, 3.63) is 72.1 Å². The third kappa shape index (κ3) is 31.9. The van der Waals surface area contributed by atoms with Crippen LogP contribution >= 0.6 is 35.3 Å². The maximum absolute atomic E-state index is 15.5. The number of nitrogens with two attached hydrogens (primary N) is 2. The summed E-state index contributed by atoms with van der Waals surface area (Å²) in [5.74, 6) is -20.7. The Morgan fingerprint density at radius 2 is 1.04 bits per heavy atom. The fraction of sp³-hybridized carbons (Fsp3) is 0.606. The normalized spacial score (nSPS) is 26.5. The zero-order valence-corrected chi connectivity index (χ0v) is 83.4. The average Bonchev–Trinajstić information content (AvgIpc) is 1.49. The summed E-state index contributed by atoms with van der Waals surface area (Å²) in [6.45, 7) is 9.46. The molecule has 4 aromatic rings. The van der Waals surface area contributed by atoms with E-state index < -0.39 is 235 Å². The molecule has 1 unspecified atom stereocenters. The van der Waals surface area contributed by atoms with E-state index in [0.717, 1.165) is 35.3 Å². The Labute approximate surface area is 834 Å².